The Morgan fingerprint density at radius 3 is 2.47 bits per heavy atom. The number of nitrogens with zero attached hydrogens (tertiary/aromatic N) is 1. The van der Waals surface area contributed by atoms with Crippen molar-refractivity contribution in [3.8, 4) is 0 Å². The first-order chi connectivity index (χ1) is 8.99. The Morgan fingerprint density at radius 2 is 1.95 bits per heavy atom. The summed E-state index contributed by atoms with van der Waals surface area (Å²) in [6.45, 7) is -0.875. The van der Waals surface area contributed by atoms with E-state index >= 15 is 0 Å². The third-order valence-corrected chi connectivity index (χ3v) is 2.54. The lowest BCUT2D eigenvalue weighted by molar-refractivity contribution is -0.467. The molecule has 0 fully saturated rings. The van der Waals surface area contributed by atoms with Crippen molar-refractivity contribution in [1.82, 2.24) is 5.32 Å². The fourth-order valence-electron chi connectivity index (χ4n) is 1.66. The molecule has 0 aliphatic rings. The van der Waals surface area contributed by atoms with E-state index in [0.29, 0.717) is 6.42 Å². The maximum absolute atomic E-state index is 11.5. The maximum atomic E-state index is 11.5. The molecule has 2 N–H and O–H groups in total. The number of hydrogen-bond donors (Lipinski definition) is 2. The topological polar surface area (TPSA) is 110 Å². The highest BCUT2D eigenvalue weighted by Crippen LogP contribution is 2.06. The standard InChI is InChI=1S/C12H14N2O5/c15-11(8-14(18)19)10(13-12(16)17)7-6-9-4-2-1-3-5-9/h1-5,10,13H,6-8H2,(H,16,17)/t10-/m0/s1. The van der Waals surface area contributed by atoms with Gasteiger partial charge in [-0.05, 0) is 18.4 Å². The Morgan fingerprint density at radius 1 is 1.32 bits per heavy atom. The second kappa shape index (κ2) is 7.10. The SMILES string of the molecule is O=C(O)N[C@@H](CCc1ccccc1)C(=O)C[N+](=O)[O-]. The highest BCUT2D eigenvalue weighted by molar-refractivity contribution is 5.87. The van der Waals surface area contributed by atoms with Gasteiger partial charge in [0.25, 0.3) is 6.54 Å². The molecule has 7 heteroatoms. The zero-order valence-electron chi connectivity index (χ0n) is 10.1. The molecule has 1 aromatic rings. The third kappa shape index (κ3) is 5.62. The minimum Gasteiger partial charge on any atom is -0.465 e. The van der Waals surface area contributed by atoms with Crippen LogP contribution in [-0.2, 0) is 11.2 Å². The predicted octanol–water partition coefficient (Wildman–Crippen LogP) is 1.10. The summed E-state index contributed by atoms with van der Waals surface area (Å²) in [5.41, 5.74) is 0.939. The third-order valence-electron chi connectivity index (χ3n) is 2.54. The zero-order valence-corrected chi connectivity index (χ0v) is 10.1. The van der Waals surface area contributed by atoms with Crippen LogP contribution >= 0.6 is 0 Å². The Bertz CT molecular complexity index is 460. The second-order valence-corrected chi connectivity index (χ2v) is 3.98. The van der Waals surface area contributed by atoms with Gasteiger partial charge in [0.1, 0.15) is 0 Å². The van der Waals surface area contributed by atoms with Crippen LogP contribution < -0.4 is 5.32 Å². The average Bonchev–Trinajstić information content (AvgIpc) is 2.34. The zero-order chi connectivity index (χ0) is 14.3. The van der Waals surface area contributed by atoms with E-state index in [-0.39, 0.29) is 6.42 Å². The van der Waals surface area contributed by atoms with Crippen LogP contribution in [0.4, 0.5) is 4.79 Å². The smallest absolute Gasteiger partial charge is 0.405 e. The summed E-state index contributed by atoms with van der Waals surface area (Å²) in [6, 6.07) is 8.13. The van der Waals surface area contributed by atoms with Crippen molar-refractivity contribution in [2.75, 3.05) is 6.54 Å². The maximum Gasteiger partial charge on any atom is 0.405 e. The molecule has 0 unspecified atom stereocenters. The van der Waals surface area contributed by atoms with Crippen molar-refractivity contribution in [1.29, 1.82) is 0 Å². The summed E-state index contributed by atoms with van der Waals surface area (Å²) in [5.74, 6) is -0.733. The molecule has 1 rings (SSSR count). The largest absolute Gasteiger partial charge is 0.465 e. The van der Waals surface area contributed by atoms with Crippen LogP contribution in [0, 0.1) is 10.1 Å². The molecule has 7 nitrogen and oxygen atoms in total. The number of aryl methyl sites for hydroxylation is 1. The summed E-state index contributed by atoms with van der Waals surface area (Å²) in [7, 11) is 0. The molecule has 0 saturated heterocycles. The van der Waals surface area contributed by atoms with Crippen molar-refractivity contribution >= 4 is 11.9 Å². The van der Waals surface area contributed by atoms with Gasteiger partial charge in [0, 0.05) is 4.92 Å². The fourth-order valence-corrected chi connectivity index (χ4v) is 1.66. The minimum atomic E-state index is -1.37. The summed E-state index contributed by atoms with van der Waals surface area (Å²) in [5, 5.41) is 20.9. The molecule has 0 radical (unpaired) electrons. The summed E-state index contributed by atoms with van der Waals surface area (Å²) < 4.78 is 0. The van der Waals surface area contributed by atoms with Crippen LogP contribution in [0.15, 0.2) is 30.3 Å². The Balaban J connectivity index is 2.61. The lowest BCUT2D eigenvalue weighted by atomic mass is 10.0. The van der Waals surface area contributed by atoms with Crippen LogP contribution in [0.25, 0.3) is 0 Å². The van der Waals surface area contributed by atoms with E-state index in [9.17, 15) is 19.7 Å². The molecule has 0 aliphatic carbocycles. The molecule has 0 heterocycles. The number of benzene rings is 1. The molecule has 0 aliphatic heterocycles. The van der Waals surface area contributed by atoms with E-state index in [4.69, 9.17) is 5.11 Å². The molecule has 19 heavy (non-hydrogen) atoms. The molecule has 0 spiro atoms. The van der Waals surface area contributed by atoms with E-state index in [1.807, 2.05) is 35.6 Å². The highest BCUT2D eigenvalue weighted by atomic mass is 16.6. The van der Waals surface area contributed by atoms with Crippen LogP contribution in [0.1, 0.15) is 12.0 Å². The monoisotopic (exact) mass is 266 g/mol. The number of hydrogen-bond acceptors (Lipinski definition) is 4. The molecule has 0 aromatic heterocycles. The van der Waals surface area contributed by atoms with Crippen molar-refractivity contribution < 1.29 is 19.6 Å². The second-order valence-electron chi connectivity index (χ2n) is 3.98. The highest BCUT2D eigenvalue weighted by Gasteiger charge is 2.24. The van der Waals surface area contributed by atoms with Gasteiger partial charge in [-0.3, -0.25) is 14.9 Å². The number of rotatable bonds is 7. The number of carbonyl (C=O) groups excluding carboxylic acids is 1. The van der Waals surface area contributed by atoms with E-state index in [2.05, 4.69) is 0 Å². The molecule has 0 saturated carbocycles. The molecule has 1 amide bonds. The molecular formula is C12H14N2O5. The molecule has 1 aromatic carbocycles. The van der Waals surface area contributed by atoms with Crippen LogP contribution in [0.2, 0.25) is 0 Å². The first-order valence-corrected chi connectivity index (χ1v) is 5.67. The minimum absolute atomic E-state index is 0.197. The number of Topliss-reactive ketones (excluding diaryl/α,β-unsaturated/α-hetero) is 1. The molecule has 1 atom stereocenters. The van der Waals surface area contributed by atoms with Gasteiger partial charge >= 0.3 is 6.09 Å². The average molecular weight is 266 g/mol. The van der Waals surface area contributed by atoms with E-state index in [0.717, 1.165) is 5.56 Å². The normalized spacial score (nSPS) is 11.6. The van der Waals surface area contributed by atoms with Gasteiger partial charge in [-0.25, -0.2) is 4.79 Å². The van der Waals surface area contributed by atoms with Gasteiger partial charge in [0.05, 0.1) is 6.04 Å². The number of carboxylic acid groups (broad SMARTS) is 1. The molecule has 0 bridgehead atoms. The van der Waals surface area contributed by atoms with Gasteiger partial charge < -0.3 is 10.4 Å². The van der Waals surface area contributed by atoms with E-state index in [1.54, 1.807) is 0 Å². The first kappa shape index (κ1) is 14.6. The van der Waals surface area contributed by atoms with Crippen molar-refractivity contribution in [2.24, 2.45) is 0 Å². The summed E-state index contributed by atoms with van der Waals surface area (Å²) in [4.78, 5) is 31.6. The Hall–Kier alpha value is -2.44. The van der Waals surface area contributed by atoms with Gasteiger partial charge in [0.2, 0.25) is 5.78 Å². The van der Waals surface area contributed by atoms with Gasteiger partial charge in [0.15, 0.2) is 0 Å². The van der Waals surface area contributed by atoms with Crippen LogP contribution in [0.5, 0.6) is 0 Å². The van der Waals surface area contributed by atoms with Crippen molar-refractivity contribution in [3.63, 3.8) is 0 Å². The molecular weight excluding hydrogens is 252 g/mol. The van der Waals surface area contributed by atoms with Gasteiger partial charge in [-0.2, -0.15) is 0 Å². The molecule has 102 valence electrons. The van der Waals surface area contributed by atoms with Gasteiger partial charge in [-0.15, -0.1) is 0 Å². The van der Waals surface area contributed by atoms with Crippen LogP contribution in [0.3, 0.4) is 0 Å². The van der Waals surface area contributed by atoms with Gasteiger partial charge in [-0.1, -0.05) is 30.3 Å². The summed E-state index contributed by atoms with van der Waals surface area (Å²) in [6.07, 6.45) is -0.701. The summed E-state index contributed by atoms with van der Waals surface area (Å²) >= 11 is 0. The first-order valence-electron chi connectivity index (χ1n) is 5.67. The number of carbonyl (C=O) groups is 2. The Labute approximate surface area is 109 Å². The van der Waals surface area contributed by atoms with E-state index in [1.165, 1.54) is 0 Å². The lowest BCUT2D eigenvalue weighted by Gasteiger charge is -2.13. The number of amides is 1. The quantitative estimate of drug-likeness (QED) is 0.567. The van der Waals surface area contributed by atoms with Crippen LogP contribution in [-0.4, -0.2) is 34.5 Å². The Kier molecular flexibility index (Phi) is 5.46. The number of ketones is 1. The van der Waals surface area contributed by atoms with Crippen molar-refractivity contribution in [3.05, 3.63) is 46.0 Å². The van der Waals surface area contributed by atoms with Crippen molar-refractivity contribution in [2.45, 2.75) is 18.9 Å². The number of nitrogens with one attached hydrogen (secondary N) is 1. The predicted molar refractivity (Wildman–Crippen MR) is 66.6 cm³/mol. The van der Waals surface area contributed by atoms with E-state index < -0.39 is 29.4 Å². The lowest BCUT2D eigenvalue weighted by Crippen LogP contribution is -2.43. The number of nitro groups is 1. The fraction of sp³-hybridized carbons (Fsp3) is 0.333.